The zero-order chi connectivity index (χ0) is 12.0. The topological polar surface area (TPSA) is 84.7 Å². The Bertz CT molecular complexity index is 314. The van der Waals surface area contributed by atoms with Gasteiger partial charge in [-0.1, -0.05) is 17.8 Å². The molecule has 0 fully saturated rings. The quantitative estimate of drug-likeness (QED) is 0.331. The van der Waals surface area contributed by atoms with E-state index >= 15 is 0 Å². The SMILES string of the molecule is CCN(C(=O)CSC(N)=NN)C1=CCCC1. The Morgan fingerprint density at radius 3 is 2.94 bits per heavy atom. The number of carbonyl (C=O) groups excluding carboxylic acids is 1. The van der Waals surface area contributed by atoms with Gasteiger partial charge in [0.1, 0.15) is 0 Å². The van der Waals surface area contributed by atoms with Gasteiger partial charge in [-0.2, -0.15) is 5.10 Å². The Hall–Kier alpha value is -1.17. The Labute approximate surface area is 99.9 Å². The lowest BCUT2D eigenvalue weighted by Crippen LogP contribution is -2.31. The van der Waals surface area contributed by atoms with Crippen molar-refractivity contribution >= 4 is 22.8 Å². The number of nitrogens with two attached hydrogens (primary N) is 2. The normalized spacial score (nSPS) is 16.1. The molecule has 5 nitrogen and oxygen atoms in total. The Morgan fingerprint density at radius 2 is 2.44 bits per heavy atom. The minimum atomic E-state index is 0.0623. The van der Waals surface area contributed by atoms with Crippen LogP contribution in [0.4, 0.5) is 0 Å². The molecule has 0 spiro atoms. The van der Waals surface area contributed by atoms with Gasteiger partial charge >= 0.3 is 0 Å². The molecule has 90 valence electrons. The second-order valence-electron chi connectivity index (χ2n) is 3.48. The molecule has 0 saturated heterocycles. The van der Waals surface area contributed by atoms with Crippen molar-refractivity contribution in [2.24, 2.45) is 16.7 Å². The molecular weight excluding hydrogens is 224 g/mol. The number of rotatable bonds is 4. The third-order valence-corrected chi connectivity index (χ3v) is 3.24. The van der Waals surface area contributed by atoms with Gasteiger partial charge < -0.3 is 16.5 Å². The second kappa shape index (κ2) is 6.42. The summed E-state index contributed by atoms with van der Waals surface area (Å²) in [6.07, 6.45) is 5.33. The fourth-order valence-electron chi connectivity index (χ4n) is 1.69. The van der Waals surface area contributed by atoms with Gasteiger partial charge in [-0.25, -0.2) is 0 Å². The summed E-state index contributed by atoms with van der Waals surface area (Å²) in [6, 6.07) is 0. The molecule has 1 rings (SSSR count). The highest BCUT2D eigenvalue weighted by Gasteiger charge is 2.18. The first-order chi connectivity index (χ1) is 7.69. The van der Waals surface area contributed by atoms with Crippen molar-refractivity contribution in [1.29, 1.82) is 0 Å². The van der Waals surface area contributed by atoms with Crippen molar-refractivity contribution in [3.05, 3.63) is 11.8 Å². The molecule has 1 aliphatic rings. The monoisotopic (exact) mass is 242 g/mol. The molecule has 0 bridgehead atoms. The van der Waals surface area contributed by atoms with E-state index in [2.05, 4.69) is 11.2 Å². The lowest BCUT2D eigenvalue weighted by atomic mass is 10.3. The number of amidine groups is 1. The number of hydrogen-bond donors (Lipinski definition) is 2. The van der Waals surface area contributed by atoms with Crippen molar-refractivity contribution in [3.8, 4) is 0 Å². The summed E-state index contributed by atoms with van der Waals surface area (Å²) >= 11 is 1.17. The zero-order valence-corrected chi connectivity index (χ0v) is 10.3. The van der Waals surface area contributed by atoms with E-state index in [-0.39, 0.29) is 16.8 Å². The summed E-state index contributed by atoms with van der Waals surface area (Å²) in [6.45, 7) is 2.67. The zero-order valence-electron chi connectivity index (χ0n) is 9.48. The fourth-order valence-corrected chi connectivity index (χ4v) is 2.19. The Balaban J connectivity index is 2.49. The lowest BCUT2D eigenvalue weighted by molar-refractivity contribution is -0.126. The number of hydrogen-bond acceptors (Lipinski definition) is 4. The van der Waals surface area contributed by atoms with E-state index in [0.29, 0.717) is 6.54 Å². The molecule has 0 radical (unpaired) electrons. The molecule has 0 unspecified atom stereocenters. The first kappa shape index (κ1) is 12.9. The average molecular weight is 242 g/mol. The molecule has 0 atom stereocenters. The Kier molecular flexibility index (Phi) is 5.18. The standard InChI is InChI=1S/C10H18N4OS/c1-2-14(8-5-3-4-6-8)9(15)7-16-10(11)13-12/h5H,2-4,6-7,12H2,1H3,(H2,11,13). The van der Waals surface area contributed by atoms with Crippen LogP contribution >= 0.6 is 11.8 Å². The number of allylic oxidation sites excluding steroid dienone is 2. The molecule has 4 N–H and O–H groups in total. The van der Waals surface area contributed by atoms with Gasteiger partial charge in [-0.15, -0.1) is 0 Å². The largest absolute Gasteiger partial charge is 0.377 e. The van der Waals surface area contributed by atoms with Crippen LogP contribution in [0.3, 0.4) is 0 Å². The maximum Gasteiger partial charge on any atom is 0.237 e. The first-order valence-electron chi connectivity index (χ1n) is 5.34. The van der Waals surface area contributed by atoms with E-state index in [1.54, 1.807) is 0 Å². The van der Waals surface area contributed by atoms with E-state index in [4.69, 9.17) is 11.6 Å². The van der Waals surface area contributed by atoms with Crippen LogP contribution in [0.25, 0.3) is 0 Å². The summed E-state index contributed by atoms with van der Waals surface area (Å²) in [5.74, 6) is 5.35. The number of carbonyl (C=O) groups is 1. The number of nitrogens with zero attached hydrogens (tertiary/aromatic N) is 2. The van der Waals surface area contributed by atoms with E-state index in [0.717, 1.165) is 25.0 Å². The summed E-state index contributed by atoms with van der Waals surface area (Å²) in [7, 11) is 0. The number of thioether (sulfide) groups is 1. The molecular formula is C10H18N4OS. The number of amides is 1. The predicted molar refractivity (Wildman–Crippen MR) is 67.6 cm³/mol. The first-order valence-corrected chi connectivity index (χ1v) is 6.33. The predicted octanol–water partition coefficient (Wildman–Crippen LogP) is 0.824. The molecule has 0 heterocycles. The average Bonchev–Trinajstić information content (AvgIpc) is 2.80. The van der Waals surface area contributed by atoms with E-state index in [9.17, 15) is 4.79 Å². The molecule has 16 heavy (non-hydrogen) atoms. The molecule has 0 aliphatic heterocycles. The second-order valence-corrected chi connectivity index (χ2v) is 4.48. The molecule has 0 saturated carbocycles. The van der Waals surface area contributed by atoms with Gasteiger partial charge in [0, 0.05) is 12.2 Å². The lowest BCUT2D eigenvalue weighted by Gasteiger charge is -2.21. The molecule has 1 aliphatic carbocycles. The highest BCUT2D eigenvalue weighted by molar-refractivity contribution is 8.14. The van der Waals surface area contributed by atoms with Gasteiger partial charge in [0.25, 0.3) is 0 Å². The summed E-state index contributed by atoms with van der Waals surface area (Å²) in [5.41, 5.74) is 6.55. The van der Waals surface area contributed by atoms with E-state index in [1.165, 1.54) is 11.8 Å². The van der Waals surface area contributed by atoms with E-state index < -0.39 is 0 Å². The maximum absolute atomic E-state index is 11.9. The van der Waals surface area contributed by atoms with Crippen LogP contribution in [0.5, 0.6) is 0 Å². The van der Waals surface area contributed by atoms with Crippen LogP contribution in [0.15, 0.2) is 16.9 Å². The van der Waals surface area contributed by atoms with Gasteiger partial charge in [0.05, 0.1) is 5.75 Å². The summed E-state index contributed by atoms with van der Waals surface area (Å²) in [4.78, 5) is 13.7. The third-order valence-electron chi connectivity index (χ3n) is 2.45. The minimum Gasteiger partial charge on any atom is -0.377 e. The van der Waals surface area contributed by atoms with Crippen molar-refractivity contribution in [2.75, 3.05) is 12.3 Å². The Morgan fingerprint density at radius 1 is 1.69 bits per heavy atom. The third kappa shape index (κ3) is 3.44. The van der Waals surface area contributed by atoms with Crippen LogP contribution < -0.4 is 11.6 Å². The van der Waals surface area contributed by atoms with Crippen LogP contribution in [0, 0.1) is 0 Å². The highest BCUT2D eigenvalue weighted by atomic mass is 32.2. The van der Waals surface area contributed by atoms with Crippen molar-refractivity contribution in [1.82, 2.24) is 4.90 Å². The highest BCUT2D eigenvalue weighted by Crippen LogP contribution is 2.22. The van der Waals surface area contributed by atoms with Crippen LogP contribution in [-0.2, 0) is 4.79 Å². The summed E-state index contributed by atoms with van der Waals surface area (Å²) in [5, 5.41) is 3.56. The molecule has 0 aromatic carbocycles. The van der Waals surface area contributed by atoms with Gasteiger partial charge in [0.15, 0.2) is 5.17 Å². The summed E-state index contributed by atoms with van der Waals surface area (Å²) < 4.78 is 0. The van der Waals surface area contributed by atoms with Crippen molar-refractivity contribution in [2.45, 2.75) is 26.2 Å². The molecule has 6 heteroatoms. The fraction of sp³-hybridized carbons (Fsp3) is 0.600. The smallest absolute Gasteiger partial charge is 0.237 e. The van der Waals surface area contributed by atoms with Crippen LogP contribution in [-0.4, -0.2) is 28.3 Å². The molecule has 0 aromatic rings. The molecule has 0 aromatic heterocycles. The van der Waals surface area contributed by atoms with Gasteiger partial charge in [-0.3, -0.25) is 4.79 Å². The van der Waals surface area contributed by atoms with Gasteiger partial charge in [-0.05, 0) is 26.2 Å². The minimum absolute atomic E-state index is 0.0623. The molecule has 1 amide bonds. The van der Waals surface area contributed by atoms with Gasteiger partial charge in [0.2, 0.25) is 5.91 Å². The van der Waals surface area contributed by atoms with Crippen LogP contribution in [0.2, 0.25) is 0 Å². The van der Waals surface area contributed by atoms with Crippen molar-refractivity contribution in [3.63, 3.8) is 0 Å². The van der Waals surface area contributed by atoms with Crippen molar-refractivity contribution < 1.29 is 4.79 Å². The van der Waals surface area contributed by atoms with Crippen LogP contribution in [0.1, 0.15) is 26.2 Å². The van der Waals surface area contributed by atoms with E-state index in [1.807, 2.05) is 11.8 Å². The maximum atomic E-state index is 11.9. The number of hydrazone groups is 1.